The first-order valence-corrected chi connectivity index (χ1v) is 18.6. The number of carbonyl (C=O) groups is 1. The van der Waals surface area contributed by atoms with Gasteiger partial charge in [0.05, 0.1) is 21.8 Å². The highest BCUT2D eigenvalue weighted by Gasteiger charge is 2.44. The van der Waals surface area contributed by atoms with E-state index in [9.17, 15) is 4.79 Å². The Balaban J connectivity index is 2.93. The van der Waals surface area contributed by atoms with Crippen LogP contribution in [0.1, 0.15) is 83.1 Å². The molecule has 3 nitrogen and oxygen atoms in total. The van der Waals surface area contributed by atoms with Crippen LogP contribution >= 0.6 is 0 Å². The Morgan fingerprint density at radius 3 is 1.77 bits per heavy atom. The van der Waals surface area contributed by atoms with E-state index < -0.39 is 21.7 Å². The molecule has 0 heterocycles. The summed E-state index contributed by atoms with van der Waals surface area (Å²) in [5, 5.41) is 8.51. The van der Waals surface area contributed by atoms with Crippen molar-refractivity contribution in [3.8, 4) is 0 Å². The molecule has 2 aromatic carbocycles. The van der Waals surface area contributed by atoms with Crippen molar-refractivity contribution in [3.05, 3.63) is 30.3 Å². The molecule has 1 N–H and O–H groups in total. The number of hydrogen-bond acceptors (Lipinski definition) is 2. The molecule has 0 aliphatic rings. The third kappa shape index (κ3) is 5.71. The van der Waals surface area contributed by atoms with Crippen LogP contribution in [0.25, 0.3) is 10.8 Å². The van der Waals surface area contributed by atoms with Crippen molar-refractivity contribution in [2.45, 2.75) is 123 Å². The van der Waals surface area contributed by atoms with Crippen LogP contribution in [-0.2, 0) is 4.74 Å². The fourth-order valence-electron chi connectivity index (χ4n) is 6.89. The predicted molar refractivity (Wildman–Crippen MR) is 161 cm³/mol. The summed E-state index contributed by atoms with van der Waals surface area (Å²) in [4.78, 5) is 13.1. The zero-order chi connectivity index (χ0) is 26.8. The highest BCUT2D eigenvalue weighted by molar-refractivity contribution is 6.95. The van der Waals surface area contributed by atoms with Crippen LogP contribution in [0, 0.1) is 0 Å². The first-order valence-electron chi connectivity index (χ1n) is 13.8. The molecular formula is C30H51NO2Si2. The van der Waals surface area contributed by atoms with Crippen LogP contribution in [0.5, 0.6) is 0 Å². The Labute approximate surface area is 217 Å². The van der Waals surface area contributed by atoms with Crippen LogP contribution in [0.4, 0.5) is 10.5 Å². The van der Waals surface area contributed by atoms with Gasteiger partial charge in [0, 0.05) is 5.39 Å². The maximum Gasteiger partial charge on any atom is 0.412 e. The van der Waals surface area contributed by atoms with Crippen LogP contribution in [0.3, 0.4) is 0 Å². The van der Waals surface area contributed by atoms with Gasteiger partial charge in [0.25, 0.3) is 0 Å². The number of rotatable bonds is 9. The lowest BCUT2D eigenvalue weighted by atomic mass is 10.1. The summed E-state index contributed by atoms with van der Waals surface area (Å²) in [6, 6.07) is 15.2. The van der Waals surface area contributed by atoms with Crippen LogP contribution < -0.4 is 15.7 Å². The van der Waals surface area contributed by atoms with Crippen molar-refractivity contribution in [2.24, 2.45) is 0 Å². The quantitative estimate of drug-likeness (QED) is 0.340. The van der Waals surface area contributed by atoms with Gasteiger partial charge in [0.15, 0.2) is 0 Å². The van der Waals surface area contributed by atoms with Gasteiger partial charge in [-0.15, -0.1) is 0 Å². The van der Waals surface area contributed by atoms with E-state index in [2.05, 4.69) is 98.0 Å². The second-order valence-corrected chi connectivity index (χ2v) is 23.4. The average Bonchev–Trinajstić information content (AvgIpc) is 2.74. The van der Waals surface area contributed by atoms with Gasteiger partial charge in [-0.1, -0.05) is 116 Å². The van der Waals surface area contributed by atoms with Crippen molar-refractivity contribution in [1.29, 1.82) is 0 Å². The topological polar surface area (TPSA) is 38.3 Å². The molecule has 5 heteroatoms. The molecule has 0 aromatic heterocycles. The van der Waals surface area contributed by atoms with Crippen molar-refractivity contribution < 1.29 is 9.53 Å². The molecule has 2 rings (SSSR count). The van der Waals surface area contributed by atoms with Crippen molar-refractivity contribution in [3.63, 3.8) is 0 Å². The fraction of sp³-hybridized carbons (Fsp3) is 0.633. The van der Waals surface area contributed by atoms with Gasteiger partial charge in [-0.05, 0) is 48.0 Å². The number of hydrogen-bond donors (Lipinski definition) is 1. The molecular weight excluding hydrogens is 463 g/mol. The maximum absolute atomic E-state index is 13.1. The van der Waals surface area contributed by atoms with E-state index in [0.29, 0.717) is 16.6 Å². The zero-order valence-corrected chi connectivity index (χ0v) is 26.6. The number of amides is 1. The second-order valence-electron chi connectivity index (χ2n) is 12.3. The Bertz CT molecular complexity index is 987. The molecule has 0 unspecified atom stereocenters. The Kier molecular flexibility index (Phi) is 9.49. The van der Waals surface area contributed by atoms with E-state index in [-0.39, 0.29) is 6.09 Å². The molecule has 35 heavy (non-hydrogen) atoms. The average molecular weight is 514 g/mol. The standard InChI is InChI=1S/C30H51NO2Si2/c1-13-34(14-2,15-3)27-19-17-24-16-18-25(35(21(4)5,22(6)7)23(8)9)20-26(24)28(27)31-29(32)33-30(10,11)12/h16-23H,13-15H2,1-12H3,(H,31,32). The van der Waals surface area contributed by atoms with Gasteiger partial charge in [-0.3, -0.25) is 5.32 Å². The fourth-order valence-corrected chi connectivity index (χ4v) is 17.5. The van der Waals surface area contributed by atoms with Gasteiger partial charge in [0.1, 0.15) is 5.60 Å². The summed E-state index contributed by atoms with van der Waals surface area (Å²) in [6.07, 6.45) is -0.358. The highest BCUT2D eigenvalue weighted by Crippen LogP contribution is 2.42. The molecule has 0 aliphatic heterocycles. The Morgan fingerprint density at radius 1 is 0.857 bits per heavy atom. The highest BCUT2D eigenvalue weighted by atomic mass is 28.3. The first kappa shape index (κ1) is 29.6. The third-order valence-corrected chi connectivity index (χ3v) is 21.3. The monoisotopic (exact) mass is 513 g/mol. The van der Waals surface area contributed by atoms with E-state index in [1.165, 1.54) is 21.1 Å². The molecule has 0 fully saturated rings. The number of benzene rings is 2. The smallest absolute Gasteiger partial charge is 0.412 e. The molecule has 0 aliphatic carbocycles. The van der Waals surface area contributed by atoms with E-state index in [1.807, 2.05) is 20.8 Å². The number of anilines is 1. The lowest BCUT2D eigenvalue weighted by Crippen LogP contribution is -2.55. The minimum atomic E-state index is -1.84. The van der Waals surface area contributed by atoms with E-state index >= 15 is 0 Å². The number of nitrogens with one attached hydrogen (secondary N) is 1. The molecule has 0 saturated heterocycles. The van der Waals surface area contributed by atoms with Crippen molar-refractivity contribution in [2.75, 3.05) is 5.32 Å². The molecule has 0 saturated carbocycles. The van der Waals surface area contributed by atoms with E-state index in [4.69, 9.17) is 4.74 Å². The lowest BCUT2D eigenvalue weighted by Gasteiger charge is -2.44. The van der Waals surface area contributed by atoms with Gasteiger partial charge < -0.3 is 4.74 Å². The summed E-state index contributed by atoms with van der Waals surface area (Å²) < 4.78 is 5.75. The number of carbonyl (C=O) groups excluding carboxylic acids is 1. The molecule has 0 atom stereocenters. The van der Waals surface area contributed by atoms with Crippen molar-refractivity contribution in [1.82, 2.24) is 0 Å². The van der Waals surface area contributed by atoms with Crippen LogP contribution in [0.2, 0.25) is 34.8 Å². The summed E-state index contributed by atoms with van der Waals surface area (Å²) >= 11 is 0. The molecule has 196 valence electrons. The largest absolute Gasteiger partial charge is 0.444 e. The second kappa shape index (κ2) is 11.2. The number of ether oxygens (including phenoxy) is 1. The zero-order valence-electron chi connectivity index (χ0n) is 24.6. The lowest BCUT2D eigenvalue weighted by molar-refractivity contribution is 0.0636. The minimum Gasteiger partial charge on any atom is -0.444 e. The third-order valence-electron chi connectivity index (χ3n) is 8.62. The number of fused-ring (bicyclic) bond motifs is 1. The molecule has 0 bridgehead atoms. The maximum atomic E-state index is 13.1. The molecule has 0 spiro atoms. The predicted octanol–water partition coefficient (Wildman–Crippen LogP) is 8.79. The molecule has 1 amide bonds. The van der Waals surface area contributed by atoms with Gasteiger partial charge in [0.2, 0.25) is 0 Å². The van der Waals surface area contributed by atoms with Gasteiger partial charge in [-0.25, -0.2) is 4.79 Å². The minimum absolute atomic E-state index is 0.358. The van der Waals surface area contributed by atoms with Crippen molar-refractivity contribution >= 4 is 49.1 Å². The summed E-state index contributed by atoms with van der Waals surface area (Å²) in [5.41, 5.74) is 2.33. The van der Waals surface area contributed by atoms with E-state index in [0.717, 1.165) is 23.8 Å². The Morgan fingerprint density at radius 2 is 1.34 bits per heavy atom. The van der Waals surface area contributed by atoms with Crippen LogP contribution in [-0.4, -0.2) is 27.8 Å². The summed E-state index contributed by atoms with van der Waals surface area (Å²) in [6.45, 7) is 27.2. The van der Waals surface area contributed by atoms with Gasteiger partial charge >= 0.3 is 6.09 Å². The molecule has 2 aromatic rings. The normalized spacial score (nSPS) is 13.2. The molecule has 0 radical (unpaired) electrons. The summed E-state index contributed by atoms with van der Waals surface area (Å²) in [7, 11) is -3.61. The first-order chi connectivity index (χ1) is 16.2. The van der Waals surface area contributed by atoms with Crippen LogP contribution in [0.15, 0.2) is 30.3 Å². The van der Waals surface area contributed by atoms with E-state index in [1.54, 1.807) is 0 Å². The Hall–Kier alpha value is -1.60. The van der Waals surface area contributed by atoms with Gasteiger partial charge in [-0.2, -0.15) is 0 Å². The summed E-state index contributed by atoms with van der Waals surface area (Å²) in [5.74, 6) is 0. The SMILES string of the molecule is CC[Si](CC)(CC)c1ccc2ccc([Si](C(C)C)(C(C)C)C(C)C)cc2c1NC(=O)OC(C)(C)C.